The van der Waals surface area contributed by atoms with Gasteiger partial charge < -0.3 is 9.80 Å². The molecule has 0 spiro atoms. The van der Waals surface area contributed by atoms with Gasteiger partial charge in [-0.25, -0.2) is 9.36 Å². The molecule has 30 heavy (non-hydrogen) atoms. The third-order valence-electron chi connectivity index (χ3n) is 3.81. The number of rotatable bonds is 17. The van der Waals surface area contributed by atoms with Crippen molar-refractivity contribution in [2.45, 2.75) is 23.4 Å². The van der Waals surface area contributed by atoms with E-state index in [0.717, 1.165) is 59.5 Å². The SMILES string of the molecule is CN(C)CCn1nnnc1SCCSCCSCCSc1nnnn1CCN(C)C. The Morgan fingerprint density at radius 3 is 1.43 bits per heavy atom. The van der Waals surface area contributed by atoms with Crippen LogP contribution >= 0.6 is 47.0 Å². The minimum atomic E-state index is 0.826. The Morgan fingerprint density at radius 2 is 1.03 bits per heavy atom. The third-order valence-corrected chi connectivity index (χ3v) is 8.47. The molecule has 0 saturated carbocycles. The van der Waals surface area contributed by atoms with Gasteiger partial charge in [-0.3, -0.25) is 0 Å². The average Bonchev–Trinajstić information content (AvgIpc) is 3.35. The van der Waals surface area contributed by atoms with Crippen LogP contribution in [0.3, 0.4) is 0 Å². The fourth-order valence-electron chi connectivity index (χ4n) is 2.18. The Morgan fingerprint density at radius 1 is 0.633 bits per heavy atom. The van der Waals surface area contributed by atoms with Gasteiger partial charge >= 0.3 is 0 Å². The van der Waals surface area contributed by atoms with Crippen LogP contribution in [0.15, 0.2) is 10.3 Å². The van der Waals surface area contributed by atoms with Gasteiger partial charge in [0, 0.05) is 47.6 Å². The number of aromatic nitrogens is 8. The summed E-state index contributed by atoms with van der Waals surface area (Å²) in [5, 5.41) is 25.8. The number of likely N-dealkylation sites (N-methyl/N-ethyl adjacent to an activating group) is 2. The number of thioether (sulfide) groups is 4. The van der Waals surface area contributed by atoms with E-state index in [2.05, 4.69) is 69.0 Å². The van der Waals surface area contributed by atoms with Crippen LogP contribution in [0.1, 0.15) is 0 Å². The summed E-state index contributed by atoms with van der Waals surface area (Å²) in [6.07, 6.45) is 0. The van der Waals surface area contributed by atoms with E-state index in [4.69, 9.17) is 0 Å². The standard InChI is InChI=1S/C16H32N10S4/c1-23(2)5-7-25-15(17-19-21-25)29-13-11-27-9-10-28-12-14-30-16-18-20-22-26(16)8-6-24(3)4/h5-14H2,1-4H3. The monoisotopic (exact) mass is 492 g/mol. The lowest BCUT2D eigenvalue weighted by atomic mass is 10.6. The zero-order valence-corrected chi connectivity index (χ0v) is 21.4. The van der Waals surface area contributed by atoms with Crippen molar-refractivity contribution >= 4 is 47.0 Å². The number of tetrazole rings is 2. The predicted octanol–water partition coefficient (Wildman–Crippen LogP) is 1.13. The Labute approximate surface area is 196 Å². The van der Waals surface area contributed by atoms with Crippen molar-refractivity contribution in [3.05, 3.63) is 0 Å². The van der Waals surface area contributed by atoms with Crippen LogP contribution in [0.5, 0.6) is 0 Å². The highest BCUT2D eigenvalue weighted by Crippen LogP contribution is 2.18. The average molecular weight is 493 g/mol. The normalized spacial score (nSPS) is 11.8. The topological polar surface area (TPSA) is 93.7 Å². The zero-order valence-electron chi connectivity index (χ0n) is 18.2. The molecule has 0 fully saturated rings. The predicted molar refractivity (Wildman–Crippen MR) is 129 cm³/mol. The van der Waals surface area contributed by atoms with Crippen LogP contribution in [0.4, 0.5) is 0 Å². The zero-order chi connectivity index (χ0) is 21.6. The molecule has 0 radical (unpaired) electrons. The van der Waals surface area contributed by atoms with Gasteiger partial charge in [0.15, 0.2) is 0 Å². The third kappa shape index (κ3) is 10.7. The molecular formula is C16H32N10S4. The Balaban J connectivity index is 1.46. The van der Waals surface area contributed by atoms with Crippen LogP contribution < -0.4 is 0 Å². The van der Waals surface area contributed by atoms with Gasteiger partial charge in [0.25, 0.3) is 0 Å². The van der Waals surface area contributed by atoms with Gasteiger partial charge in [0.2, 0.25) is 10.3 Å². The second kappa shape index (κ2) is 15.3. The van der Waals surface area contributed by atoms with Crippen LogP contribution in [0, 0.1) is 0 Å². The van der Waals surface area contributed by atoms with Gasteiger partial charge in [0.1, 0.15) is 0 Å². The van der Waals surface area contributed by atoms with E-state index in [1.165, 1.54) is 11.5 Å². The summed E-state index contributed by atoms with van der Waals surface area (Å²) in [6.45, 7) is 3.53. The van der Waals surface area contributed by atoms with Gasteiger partial charge in [-0.05, 0) is 49.0 Å². The maximum absolute atomic E-state index is 4.12. The van der Waals surface area contributed by atoms with Gasteiger partial charge in [0.05, 0.1) is 13.1 Å². The van der Waals surface area contributed by atoms with Crippen molar-refractivity contribution in [1.82, 2.24) is 50.2 Å². The molecule has 2 rings (SSSR count). The maximum atomic E-state index is 4.12. The van der Waals surface area contributed by atoms with E-state index in [1.807, 2.05) is 32.9 Å². The first-order valence-corrected chi connectivity index (χ1v) is 14.1. The molecule has 0 aliphatic heterocycles. The van der Waals surface area contributed by atoms with Crippen molar-refractivity contribution in [2.24, 2.45) is 0 Å². The van der Waals surface area contributed by atoms with Gasteiger partial charge in [-0.1, -0.05) is 23.5 Å². The van der Waals surface area contributed by atoms with E-state index in [0.29, 0.717) is 0 Å². The minimum absolute atomic E-state index is 0.826. The van der Waals surface area contributed by atoms with Crippen LogP contribution in [-0.2, 0) is 13.1 Å². The highest BCUT2D eigenvalue weighted by molar-refractivity contribution is 8.05. The lowest BCUT2D eigenvalue weighted by molar-refractivity contribution is 0.361. The summed E-state index contributed by atoms with van der Waals surface area (Å²) >= 11 is 7.45. The van der Waals surface area contributed by atoms with Crippen LogP contribution in [-0.4, -0.2) is 126 Å². The molecule has 2 aromatic heterocycles. The minimum Gasteiger partial charge on any atom is -0.308 e. The molecule has 0 unspecified atom stereocenters. The summed E-state index contributed by atoms with van der Waals surface area (Å²) in [4.78, 5) is 4.27. The van der Waals surface area contributed by atoms with Gasteiger partial charge in [-0.2, -0.15) is 23.5 Å². The number of hydrogen-bond acceptors (Lipinski definition) is 12. The molecule has 10 nitrogen and oxygen atoms in total. The molecule has 2 aromatic rings. The Hall–Kier alpha value is -0.540. The molecule has 0 aliphatic rings. The van der Waals surface area contributed by atoms with E-state index >= 15 is 0 Å². The molecular weight excluding hydrogens is 461 g/mol. The summed E-state index contributed by atoms with van der Waals surface area (Å²) in [6, 6.07) is 0. The van der Waals surface area contributed by atoms with E-state index in [-0.39, 0.29) is 0 Å². The Bertz CT molecular complexity index is 635. The lowest BCUT2D eigenvalue weighted by Gasteiger charge is -2.09. The van der Waals surface area contributed by atoms with Crippen LogP contribution in [0.25, 0.3) is 0 Å². The maximum Gasteiger partial charge on any atom is 0.209 e. The molecule has 14 heteroatoms. The molecule has 2 heterocycles. The molecule has 0 atom stereocenters. The summed E-state index contributed by atoms with van der Waals surface area (Å²) in [7, 11) is 8.22. The highest BCUT2D eigenvalue weighted by atomic mass is 32.2. The van der Waals surface area contributed by atoms with Crippen LogP contribution in [0.2, 0.25) is 0 Å². The Kier molecular flexibility index (Phi) is 13.1. The summed E-state index contributed by atoms with van der Waals surface area (Å²) in [5.74, 6) is 6.62. The van der Waals surface area contributed by atoms with Crippen molar-refractivity contribution < 1.29 is 0 Å². The molecule has 0 N–H and O–H groups in total. The first-order chi connectivity index (χ1) is 14.6. The molecule has 0 aromatic carbocycles. The van der Waals surface area contributed by atoms with E-state index in [9.17, 15) is 0 Å². The highest BCUT2D eigenvalue weighted by Gasteiger charge is 2.08. The van der Waals surface area contributed by atoms with E-state index < -0.39 is 0 Å². The molecule has 170 valence electrons. The fourth-order valence-corrected chi connectivity index (χ4v) is 6.24. The van der Waals surface area contributed by atoms with Crippen molar-refractivity contribution in [2.75, 3.05) is 75.8 Å². The van der Waals surface area contributed by atoms with E-state index in [1.54, 1.807) is 23.5 Å². The van der Waals surface area contributed by atoms with Crippen molar-refractivity contribution in [3.8, 4) is 0 Å². The largest absolute Gasteiger partial charge is 0.308 e. The quantitative estimate of drug-likeness (QED) is 0.234. The first kappa shape index (κ1) is 25.7. The number of hydrogen-bond donors (Lipinski definition) is 0. The van der Waals surface area contributed by atoms with Crippen molar-refractivity contribution in [1.29, 1.82) is 0 Å². The first-order valence-electron chi connectivity index (χ1n) is 9.79. The fraction of sp³-hybridized carbons (Fsp3) is 0.875. The van der Waals surface area contributed by atoms with Crippen molar-refractivity contribution in [3.63, 3.8) is 0 Å². The van der Waals surface area contributed by atoms with Gasteiger partial charge in [-0.15, -0.1) is 10.2 Å². The lowest BCUT2D eigenvalue weighted by Crippen LogP contribution is -2.19. The summed E-state index contributed by atoms with van der Waals surface area (Å²) in [5.41, 5.74) is 0. The molecule has 0 amide bonds. The summed E-state index contributed by atoms with van der Waals surface area (Å²) < 4.78 is 3.78. The number of nitrogens with zero attached hydrogens (tertiary/aromatic N) is 10. The smallest absolute Gasteiger partial charge is 0.209 e. The molecule has 0 bridgehead atoms. The molecule has 0 aliphatic carbocycles. The second-order valence-electron chi connectivity index (χ2n) is 6.90. The second-order valence-corrected chi connectivity index (χ2v) is 11.5. The molecule has 0 saturated heterocycles.